The Labute approximate surface area is 175 Å². The van der Waals surface area contributed by atoms with Gasteiger partial charge in [-0.2, -0.15) is 5.10 Å². The van der Waals surface area contributed by atoms with E-state index in [-0.39, 0.29) is 17.4 Å². The number of hydrogen-bond donors (Lipinski definition) is 0. The molecule has 3 aromatic rings. The van der Waals surface area contributed by atoms with Gasteiger partial charge in [0.25, 0.3) is 5.91 Å². The molecule has 1 aliphatic rings. The van der Waals surface area contributed by atoms with Gasteiger partial charge in [-0.3, -0.25) is 9.69 Å². The summed E-state index contributed by atoms with van der Waals surface area (Å²) in [7, 11) is 0. The summed E-state index contributed by atoms with van der Waals surface area (Å²) in [6, 6.07) is 16.3. The van der Waals surface area contributed by atoms with Gasteiger partial charge in [-0.1, -0.05) is 30.3 Å². The predicted molar refractivity (Wildman–Crippen MR) is 112 cm³/mol. The van der Waals surface area contributed by atoms with Crippen molar-refractivity contribution in [1.29, 1.82) is 0 Å². The molecule has 0 aliphatic carbocycles. The molecule has 0 N–H and O–H groups in total. The van der Waals surface area contributed by atoms with E-state index < -0.39 is 0 Å². The number of rotatable bonds is 6. The molecular formula is C23H25FN4O2. The first-order valence-corrected chi connectivity index (χ1v) is 10.2. The molecule has 7 heteroatoms. The van der Waals surface area contributed by atoms with Crippen molar-refractivity contribution >= 4 is 5.91 Å². The lowest BCUT2D eigenvalue weighted by Crippen LogP contribution is -2.48. The van der Waals surface area contributed by atoms with Crippen LogP contribution < -0.4 is 4.74 Å². The molecule has 0 spiro atoms. The zero-order valence-electron chi connectivity index (χ0n) is 17.0. The van der Waals surface area contributed by atoms with Gasteiger partial charge in [0.05, 0.1) is 18.5 Å². The fraction of sp³-hybridized carbons (Fsp3) is 0.304. The van der Waals surface area contributed by atoms with E-state index in [1.807, 2.05) is 30.0 Å². The van der Waals surface area contributed by atoms with E-state index in [2.05, 4.69) is 22.1 Å². The second-order valence-electron chi connectivity index (χ2n) is 7.25. The average Bonchev–Trinajstić information content (AvgIpc) is 3.19. The van der Waals surface area contributed by atoms with Crippen LogP contribution in [0.4, 0.5) is 4.39 Å². The van der Waals surface area contributed by atoms with Crippen LogP contribution in [-0.2, 0) is 6.54 Å². The first-order chi connectivity index (χ1) is 14.6. The monoisotopic (exact) mass is 408 g/mol. The van der Waals surface area contributed by atoms with E-state index in [4.69, 9.17) is 4.74 Å². The van der Waals surface area contributed by atoms with Gasteiger partial charge in [0.2, 0.25) is 0 Å². The molecule has 0 atom stereocenters. The standard InChI is InChI=1S/C23H25FN4O2/c1-2-30-21-17-28(20-10-8-19(24)9-11-20)25-22(21)23(29)27-14-12-26(13-15-27)16-18-6-4-3-5-7-18/h3-11,17H,2,12-16H2,1H3. The average molecular weight is 408 g/mol. The van der Waals surface area contributed by atoms with Gasteiger partial charge in [-0.05, 0) is 36.8 Å². The van der Waals surface area contributed by atoms with Crippen LogP contribution >= 0.6 is 0 Å². The van der Waals surface area contributed by atoms with Crippen molar-refractivity contribution in [1.82, 2.24) is 19.6 Å². The largest absolute Gasteiger partial charge is 0.490 e. The Kier molecular flexibility index (Phi) is 6.09. The number of nitrogens with zero attached hydrogens (tertiary/aromatic N) is 4. The third kappa shape index (κ3) is 4.52. The lowest BCUT2D eigenvalue weighted by molar-refractivity contribution is 0.0618. The summed E-state index contributed by atoms with van der Waals surface area (Å²) < 4.78 is 20.4. The molecule has 0 saturated carbocycles. The first-order valence-electron chi connectivity index (χ1n) is 10.2. The van der Waals surface area contributed by atoms with Crippen molar-refractivity contribution < 1.29 is 13.9 Å². The minimum absolute atomic E-state index is 0.140. The highest BCUT2D eigenvalue weighted by atomic mass is 19.1. The summed E-state index contributed by atoms with van der Waals surface area (Å²) >= 11 is 0. The van der Waals surface area contributed by atoms with Gasteiger partial charge in [-0.15, -0.1) is 0 Å². The maximum atomic E-state index is 13.2. The van der Waals surface area contributed by atoms with Crippen molar-refractivity contribution in [3.05, 3.63) is 77.9 Å². The molecule has 30 heavy (non-hydrogen) atoms. The summed E-state index contributed by atoms with van der Waals surface area (Å²) in [5.41, 5.74) is 2.23. The summed E-state index contributed by atoms with van der Waals surface area (Å²) in [5, 5.41) is 4.46. The van der Waals surface area contributed by atoms with Gasteiger partial charge in [-0.25, -0.2) is 9.07 Å². The number of amides is 1. The Morgan fingerprint density at radius 1 is 1.03 bits per heavy atom. The second-order valence-corrected chi connectivity index (χ2v) is 7.25. The van der Waals surface area contributed by atoms with Crippen LogP contribution in [0, 0.1) is 5.82 Å². The zero-order chi connectivity index (χ0) is 20.9. The lowest BCUT2D eigenvalue weighted by Gasteiger charge is -2.34. The molecule has 0 unspecified atom stereocenters. The van der Waals surface area contributed by atoms with Crippen LogP contribution in [-0.4, -0.2) is 58.3 Å². The van der Waals surface area contributed by atoms with E-state index in [0.29, 0.717) is 31.1 Å². The molecule has 1 aliphatic heterocycles. The molecule has 156 valence electrons. The van der Waals surface area contributed by atoms with E-state index >= 15 is 0 Å². The molecule has 1 amide bonds. The van der Waals surface area contributed by atoms with Crippen molar-refractivity contribution in [2.24, 2.45) is 0 Å². The number of benzene rings is 2. The van der Waals surface area contributed by atoms with Crippen molar-refractivity contribution in [2.45, 2.75) is 13.5 Å². The van der Waals surface area contributed by atoms with Gasteiger partial charge in [0.15, 0.2) is 11.4 Å². The highest BCUT2D eigenvalue weighted by molar-refractivity contribution is 5.95. The molecule has 4 rings (SSSR count). The topological polar surface area (TPSA) is 50.6 Å². The summed E-state index contributed by atoms with van der Waals surface area (Å²) in [6.45, 7) is 6.08. The van der Waals surface area contributed by atoms with E-state index in [1.165, 1.54) is 17.7 Å². The zero-order valence-corrected chi connectivity index (χ0v) is 17.0. The highest BCUT2D eigenvalue weighted by Crippen LogP contribution is 2.22. The Hall–Kier alpha value is -3.19. The fourth-order valence-electron chi connectivity index (χ4n) is 3.59. The number of ether oxygens (including phenoxy) is 1. The maximum Gasteiger partial charge on any atom is 0.278 e. The quantitative estimate of drug-likeness (QED) is 0.628. The normalized spacial score (nSPS) is 14.7. The van der Waals surface area contributed by atoms with Crippen LogP contribution in [0.5, 0.6) is 5.75 Å². The molecule has 1 saturated heterocycles. The summed E-state index contributed by atoms with van der Waals surface area (Å²) in [5.74, 6) is -0.0159. The van der Waals surface area contributed by atoms with Gasteiger partial charge in [0, 0.05) is 32.7 Å². The number of aromatic nitrogens is 2. The Bertz CT molecular complexity index is 980. The smallest absolute Gasteiger partial charge is 0.278 e. The SMILES string of the molecule is CCOc1cn(-c2ccc(F)cc2)nc1C(=O)N1CCN(Cc2ccccc2)CC1. The maximum absolute atomic E-state index is 13.2. The predicted octanol–water partition coefficient (Wildman–Crippen LogP) is 3.37. The Morgan fingerprint density at radius 2 is 1.73 bits per heavy atom. The molecule has 0 radical (unpaired) electrons. The summed E-state index contributed by atoms with van der Waals surface area (Å²) in [6.07, 6.45) is 1.68. The third-order valence-electron chi connectivity index (χ3n) is 5.18. The molecule has 1 aromatic heterocycles. The molecule has 6 nitrogen and oxygen atoms in total. The second kappa shape index (κ2) is 9.09. The first kappa shape index (κ1) is 20.1. The third-order valence-corrected chi connectivity index (χ3v) is 5.18. The van der Waals surface area contributed by atoms with Crippen LogP contribution in [0.2, 0.25) is 0 Å². The molecule has 2 heterocycles. The van der Waals surface area contributed by atoms with Crippen molar-refractivity contribution in [3.8, 4) is 11.4 Å². The van der Waals surface area contributed by atoms with E-state index in [0.717, 1.165) is 19.6 Å². The van der Waals surface area contributed by atoms with Crippen LogP contribution in [0.3, 0.4) is 0 Å². The van der Waals surface area contributed by atoms with Gasteiger partial charge >= 0.3 is 0 Å². The fourth-order valence-corrected chi connectivity index (χ4v) is 3.59. The van der Waals surface area contributed by atoms with E-state index in [9.17, 15) is 9.18 Å². The Balaban J connectivity index is 1.45. The number of piperazine rings is 1. The molecule has 2 aromatic carbocycles. The van der Waals surface area contributed by atoms with E-state index in [1.54, 1.807) is 23.0 Å². The Morgan fingerprint density at radius 3 is 2.40 bits per heavy atom. The van der Waals surface area contributed by atoms with Crippen LogP contribution in [0.15, 0.2) is 60.8 Å². The minimum Gasteiger partial charge on any atom is -0.490 e. The van der Waals surface area contributed by atoms with Gasteiger partial charge in [0.1, 0.15) is 5.82 Å². The lowest BCUT2D eigenvalue weighted by atomic mass is 10.2. The van der Waals surface area contributed by atoms with Crippen LogP contribution in [0.1, 0.15) is 23.0 Å². The van der Waals surface area contributed by atoms with Gasteiger partial charge < -0.3 is 9.64 Å². The highest BCUT2D eigenvalue weighted by Gasteiger charge is 2.27. The number of halogens is 1. The number of carbonyl (C=O) groups excluding carboxylic acids is 1. The minimum atomic E-state index is -0.319. The van der Waals surface area contributed by atoms with Crippen LogP contribution in [0.25, 0.3) is 5.69 Å². The van der Waals surface area contributed by atoms with Crippen molar-refractivity contribution in [2.75, 3.05) is 32.8 Å². The number of hydrogen-bond acceptors (Lipinski definition) is 4. The molecule has 0 bridgehead atoms. The molecule has 1 fully saturated rings. The number of carbonyl (C=O) groups is 1. The summed E-state index contributed by atoms with van der Waals surface area (Å²) in [4.78, 5) is 17.3. The van der Waals surface area contributed by atoms with Crippen molar-refractivity contribution in [3.63, 3.8) is 0 Å². The molecular weight excluding hydrogens is 383 g/mol.